The Labute approximate surface area is 91.1 Å². The summed E-state index contributed by atoms with van der Waals surface area (Å²) in [5.41, 5.74) is 4.42. The molecule has 2 rings (SSSR count). The van der Waals surface area contributed by atoms with Crippen molar-refractivity contribution in [2.75, 3.05) is 18.0 Å². The Morgan fingerprint density at radius 1 is 1.13 bits per heavy atom. The molecule has 0 N–H and O–H groups in total. The van der Waals surface area contributed by atoms with Crippen molar-refractivity contribution < 1.29 is 0 Å². The first-order valence-electron chi connectivity index (χ1n) is 5.48. The maximum absolute atomic E-state index is 9.12. The van der Waals surface area contributed by atoms with Gasteiger partial charge in [-0.3, -0.25) is 0 Å². The molecule has 1 aromatic carbocycles. The van der Waals surface area contributed by atoms with E-state index < -0.39 is 0 Å². The summed E-state index contributed by atoms with van der Waals surface area (Å²) in [5.74, 6) is 0. The van der Waals surface area contributed by atoms with Crippen molar-refractivity contribution in [2.24, 2.45) is 0 Å². The number of nitriles is 1. The SMILES string of the molecule is Cc1cc(C#N)c(N2CCCC2)cc1C. The topological polar surface area (TPSA) is 27.0 Å². The van der Waals surface area contributed by atoms with E-state index in [2.05, 4.69) is 30.9 Å². The van der Waals surface area contributed by atoms with E-state index in [0.717, 1.165) is 24.3 Å². The van der Waals surface area contributed by atoms with E-state index in [1.165, 1.54) is 24.0 Å². The van der Waals surface area contributed by atoms with Gasteiger partial charge >= 0.3 is 0 Å². The van der Waals surface area contributed by atoms with E-state index in [1.54, 1.807) is 0 Å². The molecular formula is C13H16N2. The van der Waals surface area contributed by atoms with Crippen LogP contribution in [-0.4, -0.2) is 13.1 Å². The summed E-state index contributed by atoms with van der Waals surface area (Å²) < 4.78 is 0. The molecule has 1 aliphatic heterocycles. The van der Waals surface area contributed by atoms with Gasteiger partial charge in [0.15, 0.2) is 0 Å². The molecule has 15 heavy (non-hydrogen) atoms. The number of benzene rings is 1. The van der Waals surface area contributed by atoms with Crippen molar-refractivity contribution >= 4 is 5.69 Å². The van der Waals surface area contributed by atoms with Gasteiger partial charge in [0.1, 0.15) is 6.07 Å². The molecule has 1 heterocycles. The highest BCUT2D eigenvalue weighted by Gasteiger charge is 2.16. The number of rotatable bonds is 1. The Balaban J connectivity index is 2.45. The molecule has 2 heteroatoms. The fraction of sp³-hybridized carbons (Fsp3) is 0.462. The van der Waals surface area contributed by atoms with Crippen LogP contribution in [0.1, 0.15) is 29.5 Å². The van der Waals surface area contributed by atoms with Gasteiger partial charge in [0.05, 0.1) is 11.3 Å². The maximum atomic E-state index is 9.12. The first-order valence-corrected chi connectivity index (χ1v) is 5.48. The molecule has 0 aromatic heterocycles. The van der Waals surface area contributed by atoms with E-state index in [4.69, 9.17) is 5.26 Å². The Bertz CT molecular complexity index is 409. The highest BCUT2D eigenvalue weighted by atomic mass is 15.1. The van der Waals surface area contributed by atoms with Gasteiger partial charge in [-0.2, -0.15) is 5.26 Å². The summed E-state index contributed by atoms with van der Waals surface area (Å²) >= 11 is 0. The zero-order valence-electron chi connectivity index (χ0n) is 9.38. The van der Waals surface area contributed by atoms with Gasteiger partial charge in [0, 0.05) is 13.1 Å². The minimum atomic E-state index is 0.819. The molecule has 1 fully saturated rings. The predicted octanol–water partition coefficient (Wildman–Crippen LogP) is 2.78. The van der Waals surface area contributed by atoms with Crippen LogP contribution in [-0.2, 0) is 0 Å². The standard InChI is InChI=1S/C13H16N2/c1-10-7-12(9-14)13(8-11(10)2)15-5-3-4-6-15/h7-8H,3-6H2,1-2H3. The van der Waals surface area contributed by atoms with Crippen LogP contribution in [0.3, 0.4) is 0 Å². The van der Waals surface area contributed by atoms with Gasteiger partial charge in [0.25, 0.3) is 0 Å². The molecule has 1 aromatic rings. The van der Waals surface area contributed by atoms with Gasteiger partial charge in [-0.05, 0) is 49.9 Å². The van der Waals surface area contributed by atoms with Gasteiger partial charge in [-0.15, -0.1) is 0 Å². The first-order chi connectivity index (χ1) is 7.22. The van der Waals surface area contributed by atoms with Crippen LogP contribution in [0.25, 0.3) is 0 Å². The van der Waals surface area contributed by atoms with Crippen molar-refractivity contribution in [3.63, 3.8) is 0 Å². The quantitative estimate of drug-likeness (QED) is 0.697. The fourth-order valence-electron chi connectivity index (χ4n) is 2.11. The molecule has 0 radical (unpaired) electrons. The second-order valence-corrected chi connectivity index (χ2v) is 4.26. The minimum Gasteiger partial charge on any atom is -0.370 e. The molecular weight excluding hydrogens is 184 g/mol. The Morgan fingerprint density at radius 2 is 1.73 bits per heavy atom. The third kappa shape index (κ3) is 1.83. The predicted molar refractivity (Wildman–Crippen MR) is 62.1 cm³/mol. The summed E-state index contributed by atoms with van der Waals surface area (Å²) in [6, 6.07) is 6.45. The molecule has 0 unspecified atom stereocenters. The average Bonchev–Trinajstić information content (AvgIpc) is 2.74. The number of hydrogen-bond donors (Lipinski definition) is 0. The van der Waals surface area contributed by atoms with Crippen LogP contribution in [0.2, 0.25) is 0 Å². The Kier molecular flexibility index (Phi) is 2.64. The van der Waals surface area contributed by atoms with Crippen LogP contribution < -0.4 is 4.90 Å². The van der Waals surface area contributed by atoms with E-state index in [-0.39, 0.29) is 0 Å². The molecule has 0 atom stereocenters. The average molecular weight is 200 g/mol. The second-order valence-electron chi connectivity index (χ2n) is 4.26. The van der Waals surface area contributed by atoms with Gasteiger partial charge in [-0.25, -0.2) is 0 Å². The summed E-state index contributed by atoms with van der Waals surface area (Å²) in [4.78, 5) is 2.32. The monoisotopic (exact) mass is 200 g/mol. The lowest BCUT2D eigenvalue weighted by Gasteiger charge is -2.20. The molecule has 0 spiro atoms. The van der Waals surface area contributed by atoms with Crippen LogP contribution in [0.4, 0.5) is 5.69 Å². The van der Waals surface area contributed by atoms with Gasteiger partial charge in [-0.1, -0.05) is 0 Å². The van der Waals surface area contributed by atoms with Crippen LogP contribution in [0.5, 0.6) is 0 Å². The highest BCUT2D eigenvalue weighted by Crippen LogP contribution is 2.27. The third-order valence-electron chi connectivity index (χ3n) is 3.18. The largest absolute Gasteiger partial charge is 0.370 e. The zero-order chi connectivity index (χ0) is 10.8. The van der Waals surface area contributed by atoms with Crippen molar-refractivity contribution in [1.82, 2.24) is 0 Å². The molecule has 0 aliphatic carbocycles. The number of nitrogens with zero attached hydrogens (tertiary/aromatic N) is 2. The number of aryl methyl sites for hydroxylation is 2. The molecule has 2 nitrogen and oxygen atoms in total. The lowest BCUT2D eigenvalue weighted by atomic mass is 10.0. The van der Waals surface area contributed by atoms with Crippen LogP contribution in [0.15, 0.2) is 12.1 Å². The Morgan fingerprint density at radius 3 is 2.33 bits per heavy atom. The normalized spacial score (nSPS) is 15.4. The fourth-order valence-corrected chi connectivity index (χ4v) is 2.11. The molecule has 78 valence electrons. The van der Waals surface area contributed by atoms with E-state index >= 15 is 0 Å². The lowest BCUT2D eigenvalue weighted by Crippen LogP contribution is -2.19. The van der Waals surface area contributed by atoms with Crippen molar-refractivity contribution in [3.05, 3.63) is 28.8 Å². The molecule has 0 saturated carbocycles. The molecule has 1 saturated heterocycles. The Hall–Kier alpha value is -1.49. The van der Waals surface area contributed by atoms with E-state index in [9.17, 15) is 0 Å². The first kappa shape index (κ1) is 10.0. The smallest absolute Gasteiger partial charge is 0.101 e. The summed E-state index contributed by atoms with van der Waals surface area (Å²) in [5, 5.41) is 9.12. The minimum absolute atomic E-state index is 0.819. The lowest BCUT2D eigenvalue weighted by molar-refractivity contribution is 0.949. The zero-order valence-corrected chi connectivity index (χ0v) is 9.38. The van der Waals surface area contributed by atoms with E-state index in [0.29, 0.717) is 0 Å². The second kappa shape index (κ2) is 3.94. The molecule has 0 amide bonds. The van der Waals surface area contributed by atoms with Crippen molar-refractivity contribution in [3.8, 4) is 6.07 Å². The van der Waals surface area contributed by atoms with Gasteiger partial charge < -0.3 is 4.90 Å². The summed E-state index contributed by atoms with van der Waals surface area (Å²) in [6.07, 6.45) is 2.50. The maximum Gasteiger partial charge on any atom is 0.101 e. The number of anilines is 1. The third-order valence-corrected chi connectivity index (χ3v) is 3.18. The van der Waals surface area contributed by atoms with Gasteiger partial charge in [0.2, 0.25) is 0 Å². The molecule has 1 aliphatic rings. The summed E-state index contributed by atoms with van der Waals surface area (Å²) in [7, 11) is 0. The van der Waals surface area contributed by atoms with Crippen LogP contribution >= 0.6 is 0 Å². The number of hydrogen-bond acceptors (Lipinski definition) is 2. The van der Waals surface area contributed by atoms with Crippen molar-refractivity contribution in [2.45, 2.75) is 26.7 Å². The molecule has 0 bridgehead atoms. The highest BCUT2D eigenvalue weighted by molar-refractivity contribution is 5.62. The van der Waals surface area contributed by atoms with Crippen LogP contribution in [0, 0.1) is 25.2 Å². The van der Waals surface area contributed by atoms with Crippen molar-refractivity contribution in [1.29, 1.82) is 5.26 Å². The summed E-state index contributed by atoms with van der Waals surface area (Å²) in [6.45, 7) is 6.36. The van der Waals surface area contributed by atoms with E-state index in [1.807, 2.05) is 6.07 Å².